The molecule has 0 fully saturated rings. The van der Waals surface area contributed by atoms with Gasteiger partial charge in [0.1, 0.15) is 17.2 Å². The Bertz CT molecular complexity index is 1280. The predicted octanol–water partition coefficient (Wildman–Crippen LogP) is 5.58. The summed E-state index contributed by atoms with van der Waals surface area (Å²) in [6.07, 6.45) is 2.25. The molecule has 4 rings (SSSR count). The summed E-state index contributed by atoms with van der Waals surface area (Å²) in [4.78, 5) is 22.0. The minimum atomic E-state index is -0.548. The number of urea groups is 1. The fraction of sp³-hybridized carbons (Fsp3) is 0.143. The van der Waals surface area contributed by atoms with Gasteiger partial charge >= 0.3 is 6.03 Å². The van der Waals surface area contributed by atoms with E-state index < -0.39 is 11.8 Å². The molecule has 0 spiro atoms. The van der Waals surface area contributed by atoms with Crippen LogP contribution in [0.4, 0.5) is 20.6 Å². The molecule has 0 aliphatic rings. The third kappa shape index (κ3) is 4.47. The van der Waals surface area contributed by atoms with E-state index in [1.807, 2.05) is 25.1 Å². The van der Waals surface area contributed by atoms with E-state index in [-0.39, 0.29) is 5.02 Å². The van der Waals surface area contributed by atoms with Gasteiger partial charge in [-0.25, -0.2) is 14.2 Å². The molecule has 0 unspecified atom stereocenters. The van der Waals surface area contributed by atoms with Crippen molar-refractivity contribution in [1.29, 1.82) is 0 Å². The van der Waals surface area contributed by atoms with Crippen LogP contribution in [0.3, 0.4) is 0 Å². The first-order chi connectivity index (χ1) is 15.0. The van der Waals surface area contributed by atoms with Crippen molar-refractivity contribution < 1.29 is 9.18 Å². The molecule has 0 aliphatic heterocycles. The highest BCUT2D eigenvalue weighted by Crippen LogP contribution is 2.36. The Kier molecular flexibility index (Phi) is 6.06. The average molecular weight is 457 g/mol. The summed E-state index contributed by atoms with van der Waals surface area (Å²) in [5, 5.41) is 10.6. The minimum absolute atomic E-state index is 0.0641. The van der Waals surface area contributed by atoms with E-state index >= 15 is 0 Å². The molecule has 0 saturated carbocycles. The van der Waals surface area contributed by atoms with Gasteiger partial charge in [-0.15, -0.1) is 0 Å². The van der Waals surface area contributed by atoms with Gasteiger partial charge in [0.2, 0.25) is 0 Å². The van der Waals surface area contributed by atoms with Crippen LogP contribution in [-0.4, -0.2) is 25.6 Å². The Morgan fingerprint density at radius 3 is 2.81 bits per heavy atom. The summed E-state index contributed by atoms with van der Waals surface area (Å²) in [5.74, 6) is -0.0262. The second-order valence-electron chi connectivity index (χ2n) is 6.61. The quantitative estimate of drug-likeness (QED) is 0.383. The third-order valence-corrected chi connectivity index (χ3v) is 6.04. The maximum Gasteiger partial charge on any atom is 0.323 e. The van der Waals surface area contributed by atoms with Gasteiger partial charge in [-0.3, -0.25) is 0 Å². The predicted molar refractivity (Wildman–Crippen MR) is 120 cm³/mol. The second kappa shape index (κ2) is 8.91. The number of nitrogens with one attached hydrogen (secondary N) is 2. The summed E-state index contributed by atoms with van der Waals surface area (Å²) >= 11 is 7.26. The van der Waals surface area contributed by atoms with E-state index in [0.717, 1.165) is 27.6 Å². The largest absolute Gasteiger partial charge is 0.323 e. The minimum Gasteiger partial charge on any atom is -0.308 e. The molecule has 0 aliphatic carbocycles. The lowest BCUT2D eigenvalue weighted by molar-refractivity contribution is 0.262. The Hall–Kier alpha value is -3.17. The Morgan fingerprint density at radius 1 is 1.23 bits per heavy atom. The van der Waals surface area contributed by atoms with Crippen molar-refractivity contribution in [2.75, 3.05) is 10.6 Å². The van der Waals surface area contributed by atoms with Gasteiger partial charge in [0.15, 0.2) is 0 Å². The molecular weight excluding hydrogens is 439 g/mol. The molecule has 0 saturated heterocycles. The fourth-order valence-corrected chi connectivity index (χ4v) is 4.48. The highest BCUT2D eigenvalue weighted by molar-refractivity contribution is 7.99. The first-order valence-corrected chi connectivity index (χ1v) is 10.6. The third-order valence-electron chi connectivity index (χ3n) is 4.56. The molecule has 0 atom stereocenters. The molecule has 0 radical (unpaired) electrons. The number of hydrogen-bond donors (Lipinski definition) is 2. The number of amides is 2. The van der Waals surface area contributed by atoms with Gasteiger partial charge in [-0.2, -0.15) is 14.6 Å². The van der Waals surface area contributed by atoms with E-state index in [1.54, 1.807) is 10.6 Å². The van der Waals surface area contributed by atoms with Gasteiger partial charge < -0.3 is 10.6 Å². The molecule has 0 bridgehead atoms. The van der Waals surface area contributed by atoms with Crippen LogP contribution in [0.15, 0.2) is 58.7 Å². The van der Waals surface area contributed by atoms with Gasteiger partial charge in [0, 0.05) is 21.8 Å². The number of halogens is 2. The van der Waals surface area contributed by atoms with Crippen LogP contribution in [-0.2, 0) is 6.42 Å². The van der Waals surface area contributed by atoms with E-state index in [9.17, 15) is 9.18 Å². The van der Waals surface area contributed by atoms with Gasteiger partial charge in [-0.05, 0) is 43.7 Å². The highest BCUT2D eigenvalue weighted by atomic mass is 35.5. The number of aryl methyl sites for hydroxylation is 1. The lowest BCUT2D eigenvalue weighted by atomic mass is 10.2. The molecular formula is C21H18ClFN6OS. The average Bonchev–Trinajstić information content (AvgIpc) is 3.20. The van der Waals surface area contributed by atoms with E-state index in [2.05, 4.69) is 32.6 Å². The zero-order valence-electron chi connectivity index (χ0n) is 16.7. The van der Waals surface area contributed by atoms with E-state index in [1.165, 1.54) is 36.3 Å². The van der Waals surface area contributed by atoms with Crippen LogP contribution >= 0.6 is 23.4 Å². The SMILES string of the molecule is CCc1c(C)nc2ncnn2c1Sc1ccccc1NC(=O)Nc1ccc(F)c(Cl)c1. The standard InChI is InChI=1S/C21H18ClFN6OS/c1-3-14-12(2)26-20-24-11-25-29(20)19(14)31-18-7-5-4-6-17(18)28-21(30)27-13-8-9-16(23)15(22)10-13/h4-11H,3H2,1-2H3,(H2,27,28,30). The number of fused-ring (bicyclic) bond motifs is 1. The number of anilines is 2. The molecule has 2 heterocycles. The Morgan fingerprint density at radius 2 is 2.03 bits per heavy atom. The van der Waals surface area contributed by atoms with Gasteiger partial charge in [0.25, 0.3) is 5.78 Å². The van der Waals surface area contributed by atoms with Crippen LogP contribution in [0.2, 0.25) is 5.02 Å². The van der Waals surface area contributed by atoms with Crippen molar-refractivity contribution in [2.45, 2.75) is 30.2 Å². The fourth-order valence-electron chi connectivity index (χ4n) is 3.09. The van der Waals surface area contributed by atoms with Crippen molar-refractivity contribution in [2.24, 2.45) is 0 Å². The molecule has 158 valence electrons. The van der Waals surface area contributed by atoms with Crippen LogP contribution in [0.5, 0.6) is 0 Å². The topological polar surface area (TPSA) is 84.2 Å². The molecule has 2 amide bonds. The van der Waals surface area contributed by atoms with E-state index in [4.69, 9.17) is 11.6 Å². The van der Waals surface area contributed by atoms with Crippen molar-refractivity contribution in [3.8, 4) is 0 Å². The van der Waals surface area contributed by atoms with Crippen molar-refractivity contribution in [1.82, 2.24) is 19.6 Å². The number of para-hydroxylation sites is 1. The zero-order valence-corrected chi connectivity index (χ0v) is 18.3. The first-order valence-electron chi connectivity index (χ1n) is 9.45. The number of rotatable bonds is 5. The van der Waals surface area contributed by atoms with Crippen molar-refractivity contribution >= 4 is 46.5 Å². The van der Waals surface area contributed by atoms with Crippen LogP contribution in [0.1, 0.15) is 18.2 Å². The summed E-state index contributed by atoms with van der Waals surface area (Å²) in [7, 11) is 0. The smallest absolute Gasteiger partial charge is 0.308 e. The second-order valence-corrected chi connectivity index (χ2v) is 8.05. The normalized spacial score (nSPS) is 11.0. The molecule has 10 heteroatoms. The van der Waals surface area contributed by atoms with Crippen molar-refractivity contribution in [3.05, 3.63) is 70.9 Å². The van der Waals surface area contributed by atoms with Gasteiger partial charge in [-0.1, -0.05) is 42.4 Å². The maximum atomic E-state index is 13.3. The Balaban J connectivity index is 1.61. The number of nitrogens with zero attached hydrogens (tertiary/aromatic N) is 4. The number of aromatic nitrogens is 4. The number of benzene rings is 2. The number of carbonyl (C=O) groups excluding carboxylic acids is 1. The monoisotopic (exact) mass is 456 g/mol. The lowest BCUT2D eigenvalue weighted by Crippen LogP contribution is -2.19. The van der Waals surface area contributed by atoms with Crippen LogP contribution in [0, 0.1) is 12.7 Å². The zero-order chi connectivity index (χ0) is 22.0. The maximum absolute atomic E-state index is 13.3. The van der Waals surface area contributed by atoms with Crippen LogP contribution in [0.25, 0.3) is 5.78 Å². The molecule has 2 N–H and O–H groups in total. The summed E-state index contributed by atoms with van der Waals surface area (Å²) in [6, 6.07) is 11.0. The lowest BCUT2D eigenvalue weighted by Gasteiger charge is -2.15. The summed E-state index contributed by atoms with van der Waals surface area (Å²) < 4.78 is 15.0. The summed E-state index contributed by atoms with van der Waals surface area (Å²) in [6.45, 7) is 4.01. The summed E-state index contributed by atoms with van der Waals surface area (Å²) in [5.41, 5.74) is 2.95. The van der Waals surface area contributed by atoms with Crippen molar-refractivity contribution in [3.63, 3.8) is 0 Å². The van der Waals surface area contributed by atoms with E-state index in [0.29, 0.717) is 17.2 Å². The molecule has 31 heavy (non-hydrogen) atoms. The molecule has 2 aromatic carbocycles. The highest BCUT2D eigenvalue weighted by Gasteiger charge is 2.17. The molecule has 2 aromatic heterocycles. The van der Waals surface area contributed by atoms with Gasteiger partial charge in [0.05, 0.1) is 10.7 Å². The number of carbonyl (C=O) groups is 1. The molecule has 7 nitrogen and oxygen atoms in total. The molecule has 4 aromatic rings. The Labute approximate surface area is 187 Å². The van der Waals surface area contributed by atoms with Crippen LogP contribution < -0.4 is 10.6 Å². The first kappa shape index (κ1) is 21.1. The number of hydrogen-bond acceptors (Lipinski definition) is 5.